The highest BCUT2D eigenvalue weighted by molar-refractivity contribution is 7.61. The first-order chi connectivity index (χ1) is 17.1. The van der Waals surface area contributed by atoms with Gasteiger partial charge in [-0.15, -0.1) is 0 Å². The third-order valence-electron chi connectivity index (χ3n) is 5.23. The lowest BCUT2D eigenvalue weighted by molar-refractivity contribution is -0.280. The van der Waals surface area contributed by atoms with Crippen molar-refractivity contribution in [3.63, 3.8) is 0 Å². The van der Waals surface area contributed by atoms with Gasteiger partial charge in [-0.1, -0.05) is 0 Å². The van der Waals surface area contributed by atoms with Gasteiger partial charge < -0.3 is 49.9 Å². The van der Waals surface area contributed by atoms with Gasteiger partial charge in [0, 0.05) is 0 Å². The Morgan fingerprint density at radius 3 is 2.19 bits per heavy atom. The molecule has 3 rings (SSSR count). The maximum absolute atomic E-state index is 13.5. The fraction of sp³-hybridized carbons (Fsp3) is 0.733. The standard InChI is InChI=1S/C15H23FN2O17P2/c16-4-1-18(15(26)17-12(4)25)13-10(23)8(21)6(32-13)3-31-36(27,28)35-37(29,30)34-14-11(24)9(22)7(20)5(2-19)33-14/h1,5-11,13-14,19-24H,2-3H2,(H,27,28)(H,29,30)(H,17,25,26). The van der Waals surface area contributed by atoms with E-state index in [0.717, 1.165) is 0 Å². The zero-order chi connectivity index (χ0) is 27.9. The van der Waals surface area contributed by atoms with Crippen LogP contribution in [0, 0.1) is 5.82 Å². The van der Waals surface area contributed by atoms with E-state index >= 15 is 0 Å². The average Bonchev–Trinajstić information content (AvgIpc) is 3.08. The Morgan fingerprint density at radius 1 is 0.946 bits per heavy atom. The number of aliphatic hydroxyl groups is 6. The first-order valence-electron chi connectivity index (χ1n) is 10.1. The van der Waals surface area contributed by atoms with Crippen molar-refractivity contribution >= 4 is 15.6 Å². The molecule has 3 heterocycles. The molecule has 37 heavy (non-hydrogen) atoms. The van der Waals surface area contributed by atoms with Crippen LogP contribution in [-0.4, -0.2) is 112 Å². The van der Waals surface area contributed by atoms with Crippen LogP contribution >= 0.6 is 15.6 Å². The molecule has 0 aromatic carbocycles. The number of hydrogen-bond acceptors (Lipinski definition) is 15. The van der Waals surface area contributed by atoms with Gasteiger partial charge in [0.2, 0.25) is 5.82 Å². The Hall–Kier alpha value is -1.45. The van der Waals surface area contributed by atoms with E-state index in [1.54, 1.807) is 4.98 Å². The first kappa shape index (κ1) is 30.1. The summed E-state index contributed by atoms with van der Waals surface area (Å²) < 4.78 is 61.0. The molecule has 0 saturated carbocycles. The molecule has 2 aliphatic heterocycles. The number of nitrogens with zero attached hydrogens (tertiary/aromatic N) is 1. The van der Waals surface area contributed by atoms with Crippen molar-refractivity contribution in [3.05, 3.63) is 32.9 Å². The summed E-state index contributed by atoms with van der Waals surface area (Å²) in [6.45, 7) is -2.04. The van der Waals surface area contributed by atoms with Crippen LogP contribution in [0.1, 0.15) is 6.23 Å². The number of halogens is 1. The molecule has 9 N–H and O–H groups in total. The Balaban J connectivity index is 1.63. The van der Waals surface area contributed by atoms with Gasteiger partial charge in [-0.3, -0.25) is 23.4 Å². The zero-order valence-corrected chi connectivity index (χ0v) is 19.9. The smallest absolute Gasteiger partial charge is 0.394 e. The molecule has 11 atom stereocenters. The minimum Gasteiger partial charge on any atom is -0.394 e. The molecule has 0 bridgehead atoms. The minimum atomic E-state index is -5.64. The van der Waals surface area contributed by atoms with Gasteiger partial charge in [0.25, 0.3) is 5.56 Å². The van der Waals surface area contributed by atoms with Crippen LogP contribution in [0.2, 0.25) is 0 Å². The van der Waals surface area contributed by atoms with Gasteiger partial charge in [0.05, 0.1) is 19.4 Å². The maximum Gasteiger partial charge on any atom is 0.483 e. The number of hydrogen-bond donors (Lipinski definition) is 9. The number of aromatic amines is 1. The molecular formula is C15H23FN2O17P2. The van der Waals surface area contributed by atoms with E-state index in [2.05, 4.69) is 13.4 Å². The molecule has 0 spiro atoms. The molecule has 2 saturated heterocycles. The lowest BCUT2D eigenvalue weighted by atomic mass is 10.00. The molecule has 22 heteroatoms. The molecule has 0 radical (unpaired) electrons. The Morgan fingerprint density at radius 2 is 1.57 bits per heavy atom. The Labute approximate surface area is 204 Å². The molecule has 11 unspecified atom stereocenters. The van der Waals surface area contributed by atoms with Gasteiger partial charge in [0.15, 0.2) is 12.5 Å². The van der Waals surface area contributed by atoms with Gasteiger partial charge in [-0.05, 0) is 0 Å². The van der Waals surface area contributed by atoms with Gasteiger partial charge in [-0.25, -0.2) is 13.9 Å². The van der Waals surface area contributed by atoms with Crippen LogP contribution in [0.3, 0.4) is 0 Å². The van der Waals surface area contributed by atoms with E-state index in [1.165, 1.54) is 0 Å². The average molecular weight is 584 g/mol. The van der Waals surface area contributed by atoms with Crippen molar-refractivity contribution in [2.75, 3.05) is 13.2 Å². The number of nitrogens with one attached hydrogen (secondary N) is 1. The Kier molecular flexibility index (Phi) is 9.23. The van der Waals surface area contributed by atoms with Crippen molar-refractivity contribution in [1.82, 2.24) is 9.55 Å². The molecular weight excluding hydrogens is 561 g/mol. The number of ether oxygens (including phenoxy) is 2. The third-order valence-corrected chi connectivity index (χ3v) is 7.83. The largest absolute Gasteiger partial charge is 0.483 e. The monoisotopic (exact) mass is 584 g/mol. The zero-order valence-electron chi connectivity index (χ0n) is 18.2. The van der Waals surface area contributed by atoms with Gasteiger partial charge in [0.1, 0.15) is 42.7 Å². The summed E-state index contributed by atoms with van der Waals surface area (Å²) in [6.07, 6.45) is -16.8. The summed E-state index contributed by atoms with van der Waals surface area (Å²) >= 11 is 0. The lowest BCUT2D eigenvalue weighted by Gasteiger charge is -2.39. The molecule has 0 aliphatic carbocycles. The molecule has 2 aliphatic rings. The van der Waals surface area contributed by atoms with Crippen molar-refractivity contribution < 1.29 is 76.8 Å². The number of rotatable bonds is 9. The van der Waals surface area contributed by atoms with E-state index < -0.39 is 101 Å². The van der Waals surface area contributed by atoms with Gasteiger partial charge >= 0.3 is 21.3 Å². The summed E-state index contributed by atoms with van der Waals surface area (Å²) in [7, 11) is -11.2. The van der Waals surface area contributed by atoms with Crippen LogP contribution in [0.25, 0.3) is 0 Å². The summed E-state index contributed by atoms with van der Waals surface area (Å²) in [6, 6.07) is 0. The summed E-state index contributed by atoms with van der Waals surface area (Å²) in [5, 5.41) is 58.5. The van der Waals surface area contributed by atoms with Crippen molar-refractivity contribution in [3.8, 4) is 0 Å². The fourth-order valence-corrected chi connectivity index (χ4v) is 5.53. The van der Waals surface area contributed by atoms with Crippen LogP contribution in [0.15, 0.2) is 15.8 Å². The van der Waals surface area contributed by atoms with E-state index in [0.29, 0.717) is 10.8 Å². The molecule has 0 amide bonds. The highest BCUT2D eigenvalue weighted by Crippen LogP contribution is 2.61. The molecule has 19 nitrogen and oxygen atoms in total. The van der Waals surface area contributed by atoms with Crippen molar-refractivity contribution in [1.29, 1.82) is 0 Å². The summed E-state index contributed by atoms with van der Waals surface area (Å²) in [5.41, 5.74) is -2.60. The van der Waals surface area contributed by atoms with Crippen LogP contribution in [0.4, 0.5) is 4.39 Å². The minimum absolute atomic E-state index is 0.378. The number of phosphoric acid groups is 2. The predicted octanol–water partition coefficient (Wildman–Crippen LogP) is -4.65. The molecule has 1 aromatic heterocycles. The normalized spacial score (nSPS) is 37.7. The quantitative estimate of drug-likeness (QED) is 0.123. The van der Waals surface area contributed by atoms with Crippen LogP contribution < -0.4 is 11.2 Å². The second kappa shape index (κ2) is 11.3. The number of phosphoric ester groups is 2. The SMILES string of the molecule is O=c1[nH]c(=O)n(C2OC(COP(=O)(O)OP(=O)(O)OC3OC(CO)C(O)C(O)C3O)C(O)C2O)cc1F. The number of H-pyrrole nitrogens is 1. The third kappa shape index (κ3) is 6.77. The topological polar surface area (TPSA) is 297 Å². The number of aliphatic hydroxyl groups excluding tert-OH is 6. The maximum atomic E-state index is 13.5. The Bertz CT molecular complexity index is 1180. The molecule has 2 fully saturated rings. The van der Waals surface area contributed by atoms with E-state index in [1.807, 2.05) is 0 Å². The summed E-state index contributed by atoms with van der Waals surface area (Å²) in [5.74, 6) is -1.43. The highest BCUT2D eigenvalue weighted by atomic mass is 31.3. The van der Waals surface area contributed by atoms with E-state index in [9.17, 15) is 58.4 Å². The van der Waals surface area contributed by atoms with Crippen molar-refractivity contribution in [2.24, 2.45) is 0 Å². The van der Waals surface area contributed by atoms with E-state index in [4.69, 9.17) is 14.6 Å². The molecule has 1 aromatic rings. The van der Waals surface area contributed by atoms with E-state index in [-0.39, 0.29) is 0 Å². The van der Waals surface area contributed by atoms with Gasteiger partial charge in [-0.2, -0.15) is 8.70 Å². The molecule has 212 valence electrons. The predicted molar refractivity (Wildman–Crippen MR) is 109 cm³/mol. The van der Waals surface area contributed by atoms with Crippen LogP contribution in [0.5, 0.6) is 0 Å². The summed E-state index contributed by atoms with van der Waals surface area (Å²) in [4.78, 5) is 44.1. The van der Waals surface area contributed by atoms with Crippen molar-refractivity contribution in [2.45, 2.75) is 55.2 Å². The lowest BCUT2D eigenvalue weighted by Crippen LogP contribution is -2.58. The highest BCUT2D eigenvalue weighted by Gasteiger charge is 2.49. The second-order valence-electron chi connectivity index (χ2n) is 7.81. The van der Waals surface area contributed by atoms with Crippen LogP contribution in [-0.2, 0) is 32.0 Å². The fourth-order valence-electron chi connectivity index (χ4n) is 3.37. The number of aromatic nitrogens is 2. The second-order valence-corrected chi connectivity index (χ2v) is 10.8. The first-order valence-corrected chi connectivity index (χ1v) is 13.1.